The van der Waals surface area contributed by atoms with Crippen LogP contribution in [0, 0.1) is 20.8 Å². The zero-order valence-electron chi connectivity index (χ0n) is 46.4. The van der Waals surface area contributed by atoms with Crippen LogP contribution in [0.1, 0.15) is 54.6 Å². The summed E-state index contributed by atoms with van der Waals surface area (Å²) in [5, 5.41) is 30.3. The first-order valence-electron chi connectivity index (χ1n) is 23.2. The molecule has 3 aromatic heterocycles. The molecule has 474 valence electrons. The van der Waals surface area contributed by atoms with Crippen molar-refractivity contribution in [2.24, 2.45) is 0 Å². The van der Waals surface area contributed by atoms with E-state index in [1.807, 2.05) is 0 Å². The second-order valence-electron chi connectivity index (χ2n) is 18.4. The summed E-state index contributed by atoms with van der Waals surface area (Å²) >= 11 is 0. The molecular weight excluding hydrogens is 1400 g/mol. The smallest absolute Gasteiger partial charge is 0.756 e. The van der Waals surface area contributed by atoms with Gasteiger partial charge in [-0.1, -0.05) is 0 Å². The largest absolute Gasteiger partial charge is 1.00 e. The van der Waals surface area contributed by atoms with E-state index >= 15 is 0 Å². The molecule has 6 fully saturated rings. The van der Waals surface area contributed by atoms with E-state index in [4.69, 9.17) is 27.8 Å². The van der Waals surface area contributed by atoms with Crippen molar-refractivity contribution in [2.45, 2.75) is 95.3 Å². The van der Waals surface area contributed by atoms with Gasteiger partial charge in [-0.15, -0.1) is 0 Å². The third-order valence-corrected chi connectivity index (χ3v) is 29.4. The molecule has 6 aliphatic heterocycles. The fourth-order valence-electron chi connectivity index (χ4n) is 7.73. The van der Waals surface area contributed by atoms with Gasteiger partial charge in [-0.2, -0.15) is 0 Å². The second kappa shape index (κ2) is 30.1. The van der Waals surface area contributed by atoms with Gasteiger partial charge in [0.1, 0.15) is 37.0 Å². The van der Waals surface area contributed by atoms with Crippen molar-refractivity contribution in [1.82, 2.24) is 28.7 Å². The summed E-state index contributed by atoms with van der Waals surface area (Å²) in [6, 6.07) is 0. The van der Waals surface area contributed by atoms with Crippen LogP contribution in [0.25, 0.3) is 0 Å². The molecule has 6 N–H and O–H groups in total. The van der Waals surface area contributed by atoms with Crippen LogP contribution in [-0.2, 0) is 108 Å². The topological polar surface area (TPSA) is 587 Å². The molecule has 0 radical (unpaired) electrons. The maximum atomic E-state index is 12.3. The van der Waals surface area contributed by atoms with Crippen molar-refractivity contribution in [1.29, 1.82) is 0 Å². The van der Waals surface area contributed by atoms with Gasteiger partial charge in [-0.25, -0.2) is 66.9 Å². The summed E-state index contributed by atoms with van der Waals surface area (Å²) in [6.45, 7) is 4.67. The number of aliphatic hydroxyl groups is 3. The number of hydrogen-bond donors (Lipinski definition) is 6. The second-order valence-corrected chi connectivity index (χ2v) is 35.0. The van der Waals surface area contributed by atoms with Gasteiger partial charge in [0.05, 0.1) is 38.1 Å². The van der Waals surface area contributed by atoms with E-state index in [9.17, 15) is 99.9 Å². The number of aromatic amines is 3. The van der Waals surface area contributed by atoms with Crippen LogP contribution in [-0.4, -0.2) is 120 Å². The van der Waals surface area contributed by atoms with Crippen LogP contribution in [0.15, 0.2) is 47.4 Å². The number of ether oxygens (including phenoxy) is 3. The summed E-state index contributed by atoms with van der Waals surface area (Å²) < 4.78 is 178. The summed E-state index contributed by atoms with van der Waals surface area (Å²) in [7, 11) is -42.8. The minimum atomic E-state index is -5.19. The molecule has 0 saturated carbocycles. The number of aromatic nitrogens is 6. The Morgan fingerprint density at radius 2 is 0.655 bits per heavy atom. The average Bonchev–Trinajstić information content (AvgIpc) is 1.92. The van der Waals surface area contributed by atoms with E-state index in [1.54, 1.807) is 0 Å². The molecule has 42 nitrogen and oxygen atoms in total. The first kappa shape index (κ1) is 79.7. The summed E-state index contributed by atoms with van der Waals surface area (Å²) in [4.78, 5) is 111. The molecule has 9 heterocycles. The van der Waals surface area contributed by atoms with E-state index in [1.165, 1.54) is 39.4 Å². The molecule has 6 aliphatic rings. The number of nitrogens with zero attached hydrogens (tertiary/aromatic N) is 3. The number of aliphatic hydroxyl groups excluding tert-OH is 3. The number of aryl methyl sites for hydroxylation is 3. The Kier molecular flexibility index (Phi) is 27.6. The van der Waals surface area contributed by atoms with Crippen LogP contribution in [0.3, 0.4) is 0 Å². The fraction of sp³-hybridized carbons (Fsp3) is 0.636. The van der Waals surface area contributed by atoms with Gasteiger partial charge in [0.2, 0.25) is 0 Å². The van der Waals surface area contributed by atoms with Gasteiger partial charge >= 0.3 is 152 Å². The minimum absolute atomic E-state index is 0. The van der Waals surface area contributed by atoms with Gasteiger partial charge in [-0.3, -0.25) is 84.0 Å². The fourth-order valence-corrected chi connectivity index (χ4v) is 25.0. The third-order valence-electron chi connectivity index (χ3n) is 11.3. The minimum Gasteiger partial charge on any atom is -0.756 e. The van der Waals surface area contributed by atoms with Crippen LogP contribution in [0.5, 0.6) is 0 Å². The molecule has 0 aliphatic carbocycles. The van der Waals surface area contributed by atoms with Gasteiger partial charge < -0.3 is 44.2 Å². The van der Waals surface area contributed by atoms with E-state index in [2.05, 4.69) is 53.7 Å². The van der Waals surface area contributed by atoms with Gasteiger partial charge in [0.25, 0.3) is 40.1 Å². The predicted molar refractivity (Wildman–Crippen MR) is 266 cm³/mol. The Hall–Kier alpha value is 0.270. The maximum absolute atomic E-state index is 12.3. The molecule has 9 rings (SSSR count). The molecule has 87 heavy (non-hydrogen) atoms. The number of phosphoric acid groups is 6. The Bertz CT molecular complexity index is 3420. The molecule has 0 aromatic carbocycles. The van der Waals surface area contributed by atoms with Crippen molar-refractivity contribution < 1.29 is 226 Å². The van der Waals surface area contributed by atoms with Crippen LogP contribution >= 0.6 is 69.7 Å². The molecular formula is C33H48N6Na3O36P9. The maximum Gasteiger partial charge on any atom is 1.00 e. The van der Waals surface area contributed by atoms with Crippen LogP contribution in [0.4, 0.5) is 0 Å². The first-order chi connectivity index (χ1) is 38.4. The Balaban J connectivity index is 0.000000275. The van der Waals surface area contributed by atoms with Gasteiger partial charge in [0, 0.05) is 74.5 Å². The van der Waals surface area contributed by atoms with E-state index in [0.29, 0.717) is 0 Å². The number of nitrogens with one attached hydrogen (secondary N) is 3. The Morgan fingerprint density at radius 1 is 0.437 bits per heavy atom. The quantitative estimate of drug-likeness (QED) is 0.0724. The zero-order valence-corrected chi connectivity index (χ0v) is 60.4. The first-order valence-corrected chi connectivity index (χ1v) is 37.9. The summed E-state index contributed by atoms with van der Waals surface area (Å²) in [6.07, 6.45) is -6.54. The molecule has 9 unspecified atom stereocenters. The van der Waals surface area contributed by atoms with E-state index < -0.39 is 179 Å². The molecule has 54 heteroatoms. The van der Waals surface area contributed by atoms with Gasteiger partial charge in [-0.05, 0) is 20.8 Å². The average molecular weight is 1450 g/mol. The summed E-state index contributed by atoms with van der Waals surface area (Å²) in [5.41, 5.74) is -3.32. The van der Waals surface area contributed by atoms with Crippen LogP contribution in [0.2, 0.25) is 0 Å². The van der Waals surface area contributed by atoms with Crippen molar-refractivity contribution in [2.75, 3.05) is 39.8 Å². The van der Waals surface area contributed by atoms with E-state index in [0.717, 1.165) is 33.7 Å². The van der Waals surface area contributed by atoms with Crippen LogP contribution < -0.4 is 137 Å². The van der Waals surface area contributed by atoms with Crippen molar-refractivity contribution in [3.63, 3.8) is 0 Å². The van der Waals surface area contributed by atoms with Crippen molar-refractivity contribution in [3.8, 4) is 0 Å². The standard InChI is InChI=1S/3C11H17N2O12P3.3Na/c3*1-6-4-13(11(16)12-10(6)15)9-3-7(14)8(22-9)5-21-28(20)24-26(2,17)23-27(18,19)25-28;;;/h3*4,7-9,14H,3,5H2,1-2H3,(H,18,19)(H,12,15,16);;;/q;;;3*+1/p-3/t3*7-,8+,9+,26?,28?;;;/m000.../s1. The molecule has 3 aromatic rings. The summed E-state index contributed by atoms with van der Waals surface area (Å²) in [5.74, 6) is 0. The zero-order chi connectivity index (χ0) is 62.7. The molecule has 6 saturated heterocycles. The van der Waals surface area contributed by atoms with Crippen molar-refractivity contribution in [3.05, 3.63) is 97.8 Å². The molecule has 0 bridgehead atoms. The van der Waals surface area contributed by atoms with Gasteiger partial charge in [0.15, 0.2) is 0 Å². The van der Waals surface area contributed by atoms with E-state index in [-0.39, 0.29) is 125 Å². The van der Waals surface area contributed by atoms with Crippen molar-refractivity contribution >= 4 is 69.7 Å². The molecule has 18 atom stereocenters. The normalized spacial score (nSPS) is 39.8. The third kappa shape index (κ3) is 21.6. The Morgan fingerprint density at radius 3 is 0.862 bits per heavy atom. The SMILES string of the molecule is Cc1cn([C@H]2C[C@H](O)[C@@H](COP3(=O)OP(C)(=O)OP(=O)([O-])O3)O2)c(=O)[nH]c1=O.Cc1cn([C@H]2C[C@H](O)[C@@H](COP3(=O)OP(C)(=O)OP(=O)([O-])O3)O2)c(=O)[nH]c1=O.Cc1cn([C@H]2C[C@H](O)[C@@H](COP3(=O)OP(C)(=O)OP(=O)([O-])O3)O2)c(=O)[nH]c1=O.[Na+].[Na+].[Na+]. The predicted octanol–water partition coefficient (Wildman–Crippen LogP) is -9.07. The molecule has 0 spiro atoms. The number of rotatable bonds is 12. The number of H-pyrrole nitrogens is 3. The molecule has 0 amide bonds. The monoisotopic (exact) mass is 1450 g/mol. The number of hydrogen-bond acceptors (Lipinski definition) is 36. The Labute approximate surface area is 552 Å².